The predicted octanol–water partition coefficient (Wildman–Crippen LogP) is 2.09. The second-order valence-corrected chi connectivity index (χ2v) is 6.79. The summed E-state index contributed by atoms with van der Waals surface area (Å²) in [6.07, 6.45) is 0. The van der Waals surface area contributed by atoms with Gasteiger partial charge in [0.15, 0.2) is 11.5 Å². The van der Waals surface area contributed by atoms with Crippen LogP contribution in [-0.4, -0.2) is 64.4 Å². The lowest BCUT2D eigenvalue weighted by Gasteiger charge is -2.34. The Morgan fingerprint density at radius 2 is 1.74 bits per heavy atom. The fraction of sp³-hybridized carbons (Fsp3) is 0.364. The zero-order valence-electron chi connectivity index (χ0n) is 18.0. The summed E-state index contributed by atoms with van der Waals surface area (Å²) >= 11 is 0. The van der Waals surface area contributed by atoms with Crippen LogP contribution >= 0.6 is 0 Å². The van der Waals surface area contributed by atoms with E-state index >= 15 is 0 Å². The highest BCUT2D eigenvalue weighted by molar-refractivity contribution is 5.98. The molecule has 1 N–H and O–H groups in total. The van der Waals surface area contributed by atoms with Gasteiger partial charge in [-0.25, -0.2) is 0 Å². The number of benzene rings is 2. The van der Waals surface area contributed by atoms with Gasteiger partial charge in [-0.2, -0.15) is 0 Å². The van der Waals surface area contributed by atoms with E-state index in [1.54, 1.807) is 44.6 Å². The Hall–Kier alpha value is -3.46. The highest BCUT2D eigenvalue weighted by Crippen LogP contribution is 2.30. The lowest BCUT2D eigenvalue weighted by Crippen LogP contribution is -2.54. The molecule has 9 nitrogen and oxygen atoms in total. The van der Waals surface area contributed by atoms with Crippen LogP contribution in [0.15, 0.2) is 36.4 Å². The van der Waals surface area contributed by atoms with Gasteiger partial charge < -0.3 is 33.9 Å². The fourth-order valence-corrected chi connectivity index (χ4v) is 3.33. The van der Waals surface area contributed by atoms with Gasteiger partial charge in [0.1, 0.15) is 24.1 Å². The molecule has 31 heavy (non-hydrogen) atoms. The molecular formula is C22H26N2O7. The normalized spacial score (nSPS) is 15.9. The highest BCUT2D eigenvalue weighted by atomic mass is 16.5. The van der Waals surface area contributed by atoms with Crippen LogP contribution in [0.25, 0.3) is 0 Å². The van der Waals surface area contributed by atoms with Crippen molar-refractivity contribution in [2.24, 2.45) is 0 Å². The summed E-state index contributed by atoms with van der Waals surface area (Å²) in [5, 5.41) is 2.82. The second kappa shape index (κ2) is 10.0. The van der Waals surface area contributed by atoms with Crippen LogP contribution in [0.3, 0.4) is 0 Å². The quantitative estimate of drug-likeness (QED) is 0.685. The van der Waals surface area contributed by atoms with Gasteiger partial charge in [0.2, 0.25) is 11.8 Å². The molecule has 166 valence electrons. The van der Waals surface area contributed by atoms with Crippen molar-refractivity contribution in [3.63, 3.8) is 0 Å². The largest absolute Gasteiger partial charge is 0.497 e. The number of nitrogens with one attached hydrogen (secondary N) is 1. The number of nitrogens with zero attached hydrogens (tertiary/aromatic N) is 1. The van der Waals surface area contributed by atoms with Gasteiger partial charge in [-0.05, 0) is 24.3 Å². The standard InChI is InChI=1S/C22H26N2O7/c1-27-16-7-5-14(19(10-16)29-3)11-24-17(12-31-13-21(24)25)22(26)23-15-6-8-18(28-2)20(9-15)30-4/h5-10,17H,11-13H2,1-4H3,(H,23,26)/t17-/m0/s1. The van der Waals surface area contributed by atoms with Gasteiger partial charge in [0, 0.05) is 23.4 Å². The summed E-state index contributed by atoms with van der Waals surface area (Å²) in [6, 6.07) is 9.56. The van der Waals surface area contributed by atoms with Gasteiger partial charge in [-0.1, -0.05) is 0 Å². The van der Waals surface area contributed by atoms with E-state index in [1.165, 1.54) is 19.1 Å². The molecule has 1 aliphatic heterocycles. The third kappa shape index (κ3) is 5.00. The van der Waals surface area contributed by atoms with Crippen LogP contribution < -0.4 is 24.3 Å². The molecule has 2 amide bonds. The minimum Gasteiger partial charge on any atom is -0.497 e. The molecule has 3 rings (SSSR count). The number of carbonyl (C=O) groups excluding carboxylic acids is 2. The smallest absolute Gasteiger partial charge is 0.249 e. The molecule has 2 aromatic carbocycles. The van der Waals surface area contributed by atoms with Crippen molar-refractivity contribution in [1.82, 2.24) is 4.90 Å². The number of carbonyl (C=O) groups is 2. The maximum Gasteiger partial charge on any atom is 0.249 e. The number of anilines is 1. The van der Waals surface area contributed by atoms with Gasteiger partial charge in [-0.3, -0.25) is 9.59 Å². The summed E-state index contributed by atoms with van der Waals surface area (Å²) < 4.78 is 26.5. The van der Waals surface area contributed by atoms with E-state index in [-0.39, 0.29) is 31.6 Å². The number of methoxy groups -OCH3 is 4. The molecule has 1 saturated heterocycles. The van der Waals surface area contributed by atoms with Crippen molar-refractivity contribution >= 4 is 17.5 Å². The maximum atomic E-state index is 13.0. The Bertz CT molecular complexity index is 947. The fourth-order valence-electron chi connectivity index (χ4n) is 3.33. The molecule has 1 fully saturated rings. The maximum absolute atomic E-state index is 13.0. The van der Waals surface area contributed by atoms with Crippen LogP contribution in [-0.2, 0) is 20.9 Å². The summed E-state index contributed by atoms with van der Waals surface area (Å²) in [7, 11) is 6.16. The summed E-state index contributed by atoms with van der Waals surface area (Å²) in [5.74, 6) is 1.58. The van der Waals surface area contributed by atoms with Crippen molar-refractivity contribution in [3.05, 3.63) is 42.0 Å². The third-order valence-electron chi connectivity index (χ3n) is 4.99. The lowest BCUT2D eigenvalue weighted by molar-refractivity contribution is -0.154. The highest BCUT2D eigenvalue weighted by Gasteiger charge is 2.34. The van der Waals surface area contributed by atoms with Crippen molar-refractivity contribution in [3.8, 4) is 23.0 Å². The molecule has 0 unspecified atom stereocenters. The first-order valence-corrected chi connectivity index (χ1v) is 9.61. The predicted molar refractivity (Wildman–Crippen MR) is 113 cm³/mol. The minimum absolute atomic E-state index is 0.0847. The Morgan fingerprint density at radius 1 is 1.00 bits per heavy atom. The van der Waals surface area contributed by atoms with E-state index in [4.69, 9.17) is 23.7 Å². The van der Waals surface area contributed by atoms with Crippen LogP contribution in [0, 0.1) is 0 Å². The van der Waals surface area contributed by atoms with E-state index in [0.717, 1.165) is 5.56 Å². The Balaban J connectivity index is 1.80. The van der Waals surface area contributed by atoms with Crippen molar-refractivity contribution < 1.29 is 33.3 Å². The molecule has 0 aliphatic carbocycles. The molecule has 0 spiro atoms. The van der Waals surface area contributed by atoms with Crippen LogP contribution in [0.4, 0.5) is 5.69 Å². The van der Waals surface area contributed by atoms with Crippen LogP contribution in [0.5, 0.6) is 23.0 Å². The Kier molecular flexibility index (Phi) is 7.19. The number of morpholine rings is 1. The Labute approximate surface area is 180 Å². The molecule has 0 saturated carbocycles. The van der Waals surface area contributed by atoms with Gasteiger partial charge in [-0.15, -0.1) is 0 Å². The topological polar surface area (TPSA) is 95.6 Å². The van der Waals surface area contributed by atoms with Crippen molar-refractivity contribution in [2.75, 3.05) is 47.0 Å². The first kappa shape index (κ1) is 22.2. The molecule has 1 atom stereocenters. The number of hydrogen-bond donors (Lipinski definition) is 1. The number of amides is 2. The van der Waals surface area contributed by atoms with E-state index in [0.29, 0.717) is 28.7 Å². The number of hydrogen-bond acceptors (Lipinski definition) is 7. The zero-order valence-corrected chi connectivity index (χ0v) is 18.0. The minimum atomic E-state index is -0.804. The van der Waals surface area contributed by atoms with Gasteiger partial charge in [0.05, 0.1) is 41.6 Å². The lowest BCUT2D eigenvalue weighted by atomic mass is 10.1. The average molecular weight is 430 g/mol. The molecular weight excluding hydrogens is 404 g/mol. The summed E-state index contributed by atoms with van der Waals surface area (Å²) in [4.78, 5) is 27.1. The average Bonchev–Trinajstić information content (AvgIpc) is 2.80. The van der Waals surface area contributed by atoms with Crippen molar-refractivity contribution in [2.45, 2.75) is 12.6 Å². The van der Waals surface area contributed by atoms with E-state index in [2.05, 4.69) is 5.32 Å². The van der Waals surface area contributed by atoms with E-state index in [1.807, 2.05) is 6.07 Å². The molecule has 0 radical (unpaired) electrons. The molecule has 2 aromatic rings. The zero-order chi connectivity index (χ0) is 22.4. The summed E-state index contributed by atoms with van der Waals surface area (Å²) in [6.45, 7) is 0.196. The Morgan fingerprint density at radius 3 is 2.42 bits per heavy atom. The van der Waals surface area contributed by atoms with E-state index in [9.17, 15) is 9.59 Å². The SMILES string of the molecule is COc1ccc(CN2C(=O)COC[C@H]2C(=O)Nc2ccc(OC)c(OC)c2)c(OC)c1. The molecule has 9 heteroatoms. The first-order chi connectivity index (χ1) is 15.0. The molecule has 0 aromatic heterocycles. The van der Waals surface area contributed by atoms with Gasteiger partial charge in [0.25, 0.3) is 0 Å². The molecule has 0 bridgehead atoms. The van der Waals surface area contributed by atoms with Crippen molar-refractivity contribution in [1.29, 1.82) is 0 Å². The number of rotatable bonds is 8. The summed E-state index contributed by atoms with van der Waals surface area (Å²) in [5.41, 5.74) is 1.27. The first-order valence-electron chi connectivity index (χ1n) is 9.61. The molecule has 1 heterocycles. The third-order valence-corrected chi connectivity index (χ3v) is 4.99. The van der Waals surface area contributed by atoms with Crippen LogP contribution in [0.1, 0.15) is 5.56 Å². The second-order valence-electron chi connectivity index (χ2n) is 6.79. The van der Waals surface area contributed by atoms with E-state index < -0.39 is 6.04 Å². The van der Waals surface area contributed by atoms with Gasteiger partial charge >= 0.3 is 0 Å². The molecule has 1 aliphatic rings. The van der Waals surface area contributed by atoms with Crippen LogP contribution in [0.2, 0.25) is 0 Å². The number of ether oxygens (including phenoxy) is 5. The monoisotopic (exact) mass is 430 g/mol.